The second-order valence-electron chi connectivity index (χ2n) is 3.65. The summed E-state index contributed by atoms with van der Waals surface area (Å²) in [6.07, 6.45) is 6.63. The molecule has 0 aromatic carbocycles. The lowest BCUT2D eigenvalue weighted by Gasteiger charge is -2.05. The average Bonchev–Trinajstić information content (AvgIpc) is 2.11. The molecule has 66 valence electrons. The summed E-state index contributed by atoms with van der Waals surface area (Å²) in [5, 5.41) is 9.33. The largest absolute Gasteiger partial charge is 0.512 e. The predicted molar refractivity (Wildman–Crippen MR) is 52.0 cm³/mol. The number of allylic oxidation sites excluding steroid dienone is 5. The summed E-state index contributed by atoms with van der Waals surface area (Å²) in [5.74, 6) is 0.988. The highest BCUT2D eigenvalue weighted by molar-refractivity contribution is 5.33. The smallest absolute Gasteiger partial charge is 0.0963 e. The van der Waals surface area contributed by atoms with E-state index in [1.165, 1.54) is 11.1 Å². The van der Waals surface area contributed by atoms with Crippen LogP contribution in [0.25, 0.3) is 0 Å². The molecule has 0 saturated carbocycles. The van der Waals surface area contributed by atoms with Crippen LogP contribution in [0.4, 0.5) is 0 Å². The summed E-state index contributed by atoms with van der Waals surface area (Å²) in [6, 6.07) is 0. The first-order valence-corrected chi connectivity index (χ1v) is 4.36. The Kier molecular flexibility index (Phi) is 2.74. The van der Waals surface area contributed by atoms with E-state index in [9.17, 15) is 5.11 Å². The van der Waals surface area contributed by atoms with Crippen LogP contribution in [0.1, 0.15) is 27.2 Å². The maximum absolute atomic E-state index is 9.33. The molecule has 0 bridgehead atoms. The number of hydrogen-bond acceptors (Lipinski definition) is 1. The molecule has 0 heterocycles. The molecule has 1 heteroatoms. The Morgan fingerprint density at radius 2 is 2.00 bits per heavy atom. The van der Waals surface area contributed by atoms with Gasteiger partial charge in [0, 0.05) is 6.42 Å². The second-order valence-corrected chi connectivity index (χ2v) is 3.65. The van der Waals surface area contributed by atoms with E-state index >= 15 is 0 Å². The fourth-order valence-electron chi connectivity index (χ4n) is 1.28. The van der Waals surface area contributed by atoms with Crippen molar-refractivity contribution in [2.45, 2.75) is 27.2 Å². The van der Waals surface area contributed by atoms with Crippen LogP contribution >= 0.6 is 0 Å². The zero-order chi connectivity index (χ0) is 9.14. The standard InChI is InChI=1S/C11H16O/c1-8(2)10-4-5-11(12)7-9(3)6-10/h4-6,8,12H,7H2,1-3H3. The molecular formula is C11H16O. The van der Waals surface area contributed by atoms with Gasteiger partial charge in [0.1, 0.15) is 0 Å². The zero-order valence-electron chi connectivity index (χ0n) is 7.96. The first-order valence-electron chi connectivity index (χ1n) is 4.36. The van der Waals surface area contributed by atoms with Crippen molar-refractivity contribution in [1.29, 1.82) is 0 Å². The third-order valence-corrected chi connectivity index (χ3v) is 2.01. The topological polar surface area (TPSA) is 20.2 Å². The molecule has 0 spiro atoms. The van der Waals surface area contributed by atoms with Crippen molar-refractivity contribution < 1.29 is 5.11 Å². The molecule has 1 aliphatic carbocycles. The van der Waals surface area contributed by atoms with Gasteiger partial charge in [0.25, 0.3) is 0 Å². The number of hydrogen-bond donors (Lipinski definition) is 1. The summed E-state index contributed by atoms with van der Waals surface area (Å²) in [6.45, 7) is 6.36. The minimum atomic E-state index is 0.458. The fourth-order valence-corrected chi connectivity index (χ4v) is 1.28. The lowest BCUT2D eigenvalue weighted by Crippen LogP contribution is -1.89. The molecule has 1 rings (SSSR count). The molecule has 1 nitrogen and oxygen atoms in total. The Morgan fingerprint density at radius 3 is 2.58 bits per heavy atom. The van der Waals surface area contributed by atoms with Crippen molar-refractivity contribution >= 4 is 0 Å². The lowest BCUT2D eigenvalue weighted by atomic mass is 10.0. The van der Waals surface area contributed by atoms with Crippen LogP contribution in [-0.2, 0) is 0 Å². The van der Waals surface area contributed by atoms with E-state index < -0.39 is 0 Å². The van der Waals surface area contributed by atoms with Crippen LogP contribution in [-0.4, -0.2) is 5.11 Å². The van der Waals surface area contributed by atoms with Crippen LogP contribution in [0.2, 0.25) is 0 Å². The van der Waals surface area contributed by atoms with E-state index in [4.69, 9.17) is 0 Å². The van der Waals surface area contributed by atoms with Crippen molar-refractivity contribution in [2.75, 3.05) is 0 Å². The molecule has 1 N–H and O–H groups in total. The van der Waals surface area contributed by atoms with Crippen molar-refractivity contribution in [1.82, 2.24) is 0 Å². The van der Waals surface area contributed by atoms with Crippen LogP contribution in [0.5, 0.6) is 0 Å². The maximum atomic E-state index is 9.33. The molecular weight excluding hydrogens is 148 g/mol. The summed E-state index contributed by atoms with van der Waals surface area (Å²) in [4.78, 5) is 0. The highest BCUT2D eigenvalue weighted by atomic mass is 16.3. The molecule has 0 atom stereocenters. The molecule has 0 aliphatic heterocycles. The van der Waals surface area contributed by atoms with E-state index in [-0.39, 0.29) is 0 Å². The van der Waals surface area contributed by atoms with Crippen molar-refractivity contribution in [3.63, 3.8) is 0 Å². The highest BCUT2D eigenvalue weighted by Gasteiger charge is 2.04. The molecule has 0 fully saturated rings. The fraction of sp³-hybridized carbons (Fsp3) is 0.455. The van der Waals surface area contributed by atoms with Gasteiger partial charge in [-0.2, -0.15) is 0 Å². The van der Waals surface area contributed by atoms with Crippen molar-refractivity contribution in [2.24, 2.45) is 5.92 Å². The van der Waals surface area contributed by atoms with E-state index in [2.05, 4.69) is 19.9 Å². The second kappa shape index (κ2) is 3.61. The van der Waals surface area contributed by atoms with E-state index in [0.717, 1.165) is 0 Å². The Labute approximate surface area is 74.1 Å². The molecule has 0 aromatic rings. The minimum Gasteiger partial charge on any atom is -0.512 e. The first kappa shape index (κ1) is 9.11. The molecule has 0 radical (unpaired) electrons. The average molecular weight is 164 g/mol. The zero-order valence-corrected chi connectivity index (χ0v) is 7.96. The molecule has 1 aliphatic rings. The van der Waals surface area contributed by atoms with E-state index in [1.54, 1.807) is 6.08 Å². The Hall–Kier alpha value is -0.980. The third-order valence-electron chi connectivity index (χ3n) is 2.01. The van der Waals surface area contributed by atoms with Gasteiger partial charge < -0.3 is 5.11 Å². The third kappa shape index (κ3) is 2.26. The molecule has 0 unspecified atom stereocenters. The minimum absolute atomic E-state index is 0.458. The normalized spacial score (nSPS) is 18.2. The van der Waals surface area contributed by atoms with Gasteiger partial charge in [0.2, 0.25) is 0 Å². The van der Waals surface area contributed by atoms with Gasteiger partial charge in [0.05, 0.1) is 5.76 Å². The van der Waals surface area contributed by atoms with Gasteiger partial charge in [-0.15, -0.1) is 0 Å². The number of aliphatic hydroxyl groups excluding tert-OH is 1. The van der Waals surface area contributed by atoms with Gasteiger partial charge in [-0.3, -0.25) is 0 Å². The van der Waals surface area contributed by atoms with Gasteiger partial charge in [-0.1, -0.05) is 31.6 Å². The lowest BCUT2D eigenvalue weighted by molar-refractivity contribution is 0.399. The van der Waals surface area contributed by atoms with Crippen LogP contribution in [0.3, 0.4) is 0 Å². The van der Waals surface area contributed by atoms with Gasteiger partial charge in [0.15, 0.2) is 0 Å². The Bertz CT molecular complexity index is 254. The number of rotatable bonds is 1. The summed E-state index contributed by atoms with van der Waals surface area (Å²) in [7, 11) is 0. The summed E-state index contributed by atoms with van der Waals surface area (Å²) in [5.41, 5.74) is 2.51. The van der Waals surface area contributed by atoms with Crippen LogP contribution < -0.4 is 0 Å². The molecule has 0 aromatic heterocycles. The SMILES string of the molecule is CC1=CC(C(C)C)=CC=C(O)C1. The molecule has 12 heavy (non-hydrogen) atoms. The monoisotopic (exact) mass is 164 g/mol. The van der Waals surface area contributed by atoms with E-state index in [1.807, 2.05) is 13.0 Å². The van der Waals surface area contributed by atoms with Gasteiger partial charge in [-0.05, 0) is 24.5 Å². The summed E-state index contributed by atoms with van der Waals surface area (Å²) >= 11 is 0. The Morgan fingerprint density at radius 1 is 1.33 bits per heavy atom. The predicted octanol–water partition coefficient (Wildman–Crippen LogP) is 3.36. The molecule has 0 saturated heterocycles. The number of aliphatic hydroxyl groups is 1. The molecule has 0 amide bonds. The quantitative estimate of drug-likeness (QED) is 0.630. The Balaban J connectivity index is 2.93. The summed E-state index contributed by atoms with van der Waals surface area (Å²) < 4.78 is 0. The van der Waals surface area contributed by atoms with Crippen LogP contribution in [0, 0.1) is 5.92 Å². The van der Waals surface area contributed by atoms with Crippen molar-refractivity contribution in [3.8, 4) is 0 Å². The first-order chi connectivity index (χ1) is 5.59. The van der Waals surface area contributed by atoms with Gasteiger partial charge >= 0.3 is 0 Å². The van der Waals surface area contributed by atoms with Crippen LogP contribution in [0.15, 0.2) is 35.1 Å². The van der Waals surface area contributed by atoms with Gasteiger partial charge in [-0.25, -0.2) is 0 Å². The van der Waals surface area contributed by atoms with E-state index in [0.29, 0.717) is 18.1 Å². The van der Waals surface area contributed by atoms with Crippen molar-refractivity contribution in [3.05, 3.63) is 35.1 Å². The maximum Gasteiger partial charge on any atom is 0.0963 e. The highest BCUT2D eigenvalue weighted by Crippen LogP contribution is 2.20.